The third kappa shape index (κ3) is 2.73. The topological polar surface area (TPSA) is 77.5 Å². The number of esters is 2. The normalized spacial score (nSPS) is 20.5. The second-order valence-electron chi connectivity index (χ2n) is 5.78. The Labute approximate surface area is 146 Å². The number of methoxy groups -OCH3 is 1. The van der Waals surface area contributed by atoms with Gasteiger partial charge in [0.05, 0.1) is 41.8 Å². The molecule has 0 saturated heterocycles. The molecule has 3 heterocycles. The third-order valence-electron chi connectivity index (χ3n) is 4.31. The SMILES string of the molecule is COC(=O)C1=C(CF)NC2=C(C(=O)OC2)[C@@H]1c1cncc(F)c1[C@H](C)F. The van der Waals surface area contributed by atoms with Gasteiger partial charge in [-0.2, -0.15) is 0 Å². The first kappa shape index (κ1) is 18.0. The summed E-state index contributed by atoms with van der Waals surface area (Å²) in [4.78, 5) is 28.2. The number of pyridine rings is 1. The molecule has 138 valence electrons. The van der Waals surface area contributed by atoms with Crippen LogP contribution in [0.1, 0.15) is 30.1 Å². The van der Waals surface area contributed by atoms with Crippen LogP contribution in [0.2, 0.25) is 0 Å². The van der Waals surface area contributed by atoms with Crippen LogP contribution in [0.5, 0.6) is 0 Å². The summed E-state index contributed by atoms with van der Waals surface area (Å²) in [6, 6.07) is 0. The van der Waals surface area contributed by atoms with Crippen LogP contribution in [0.3, 0.4) is 0 Å². The average Bonchev–Trinajstić information content (AvgIpc) is 2.99. The molecule has 2 atom stereocenters. The van der Waals surface area contributed by atoms with Crippen molar-refractivity contribution < 1.29 is 32.2 Å². The second kappa shape index (κ2) is 6.81. The summed E-state index contributed by atoms with van der Waals surface area (Å²) in [6.45, 7) is -0.121. The second-order valence-corrected chi connectivity index (χ2v) is 5.78. The van der Waals surface area contributed by atoms with E-state index in [4.69, 9.17) is 9.47 Å². The van der Waals surface area contributed by atoms with Gasteiger partial charge in [-0.3, -0.25) is 4.98 Å². The minimum Gasteiger partial charge on any atom is -0.466 e. The van der Waals surface area contributed by atoms with E-state index in [-0.39, 0.29) is 40.3 Å². The number of allylic oxidation sites excluding steroid dienone is 1. The molecule has 3 rings (SSSR count). The fourth-order valence-corrected chi connectivity index (χ4v) is 3.26. The van der Waals surface area contributed by atoms with Crippen molar-refractivity contribution in [3.8, 4) is 0 Å². The number of nitrogens with one attached hydrogen (secondary N) is 1. The number of hydrogen-bond donors (Lipinski definition) is 1. The van der Waals surface area contributed by atoms with Gasteiger partial charge in [0.25, 0.3) is 0 Å². The lowest BCUT2D eigenvalue weighted by atomic mass is 9.79. The van der Waals surface area contributed by atoms with Crippen molar-refractivity contribution in [2.75, 3.05) is 20.4 Å². The lowest BCUT2D eigenvalue weighted by molar-refractivity contribution is -0.136. The lowest BCUT2D eigenvalue weighted by Crippen LogP contribution is -2.32. The first-order chi connectivity index (χ1) is 12.4. The Hall–Kier alpha value is -2.84. The van der Waals surface area contributed by atoms with Crippen molar-refractivity contribution in [3.63, 3.8) is 0 Å². The molecule has 0 unspecified atom stereocenters. The van der Waals surface area contributed by atoms with Crippen molar-refractivity contribution in [3.05, 3.63) is 51.9 Å². The van der Waals surface area contributed by atoms with Gasteiger partial charge in [-0.15, -0.1) is 0 Å². The van der Waals surface area contributed by atoms with Crippen molar-refractivity contribution in [2.24, 2.45) is 0 Å². The quantitative estimate of drug-likeness (QED) is 0.821. The van der Waals surface area contributed by atoms with Gasteiger partial charge in [-0.25, -0.2) is 22.8 Å². The van der Waals surface area contributed by atoms with E-state index in [1.165, 1.54) is 0 Å². The smallest absolute Gasteiger partial charge is 0.337 e. The molecule has 26 heavy (non-hydrogen) atoms. The minimum absolute atomic E-state index is 0.0168. The fraction of sp³-hybridized carbons (Fsp3) is 0.353. The van der Waals surface area contributed by atoms with E-state index in [2.05, 4.69) is 10.3 Å². The zero-order valence-corrected chi connectivity index (χ0v) is 13.9. The molecule has 9 heteroatoms. The van der Waals surface area contributed by atoms with Gasteiger partial charge in [0.1, 0.15) is 25.3 Å². The number of carbonyl (C=O) groups is 2. The summed E-state index contributed by atoms with van der Waals surface area (Å²) < 4.78 is 51.6. The Kier molecular flexibility index (Phi) is 4.71. The Morgan fingerprint density at radius 1 is 1.50 bits per heavy atom. The Morgan fingerprint density at radius 3 is 2.85 bits per heavy atom. The highest BCUT2D eigenvalue weighted by Crippen LogP contribution is 2.44. The molecule has 2 aliphatic heterocycles. The molecule has 1 aromatic heterocycles. The number of nitrogens with zero attached hydrogens (tertiary/aromatic N) is 1. The minimum atomic E-state index is -1.75. The number of cyclic esters (lactones) is 1. The van der Waals surface area contributed by atoms with Crippen LogP contribution < -0.4 is 5.32 Å². The maximum Gasteiger partial charge on any atom is 0.337 e. The van der Waals surface area contributed by atoms with Gasteiger partial charge in [0.2, 0.25) is 0 Å². The van der Waals surface area contributed by atoms with E-state index >= 15 is 0 Å². The van der Waals surface area contributed by atoms with Gasteiger partial charge in [-0.05, 0) is 12.5 Å². The first-order valence-electron chi connectivity index (χ1n) is 7.72. The molecular formula is C17H15F3N2O4. The number of rotatable bonds is 4. The van der Waals surface area contributed by atoms with E-state index in [0.717, 1.165) is 26.4 Å². The van der Waals surface area contributed by atoms with Gasteiger partial charge in [-0.1, -0.05) is 0 Å². The number of alkyl halides is 2. The van der Waals surface area contributed by atoms with Crippen LogP contribution in [0.4, 0.5) is 13.2 Å². The van der Waals surface area contributed by atoms with Gasteiger partial charge in [0.15, 0.2) is 0 Å². The highest BCUT2D eigenvalue weighted by molar-refractivity contribution is 6.01. The predicted molar refractivity (Wildman–Crippen MR) is 82.6 cm³/mol. The van der Waals surface area contributed by atoms with Crippen molar-refractivity contribution in [1.29, 1.82) is 0 Å². The van der Waals surface area contributed by atoms with Crippen LogP contribution in [0, 0.1) is 5.82 Å². The molecule has 0 spiro atoms. The molecular weight excluding hydrogens is 353 g/mol. The molecule has 0 amide bonds. The molecule has 6 nitrogen and oxygen atoms in total. The molecule has 0 aliphatic carbocycles. The monoisotopic (exact) mass is 368 g/mol. The average molecular weight is 368 g/mol. The van der Waals surface area contributed by atoms with E-state index in [1.807, 2.05) is 0 Å². The summed E-state index contributed by atoms with van der Waals surface area (Å²) in [7, 11) is 1.08. The zero-order chi connectivity index (χ0) is 19.0. The van der Waals surface area contributed by atoms with E-state index in [1.54, 1.807) is 0 Å². The zero-order valence-electron chi connectivity index (χ0n) is 13.9. The van der Waals surface area contributed by atoms with Gasteiger partial charge < -0.3 is 14.8 Å². The van der Waals surface area contributed by atoms with E-state index < -0.39 is 36.5 Å². The standard InChI is InChI=1S/C17H15F3N2O4/c1-7(19)12-8(4-21-5-9(12)20)13-14(16(23)25-2)10(3-18)22-11-6-26-17(24)15(11)13/h4-5,7,13,22H,3,6H2,1-2H3/t7-,13+/m0/s1. The first-order valence-corrected chi connectivity index (χ1v) is 7.72. The maximum absolute atomic E-state index is 14.2. The molecule has 1 N–H and O–H groups in total. The largest absolute Gasteiger partial charge is 0.466 e. The number of aromatic nitrogens is 1. The number of hydrogen-bond acceptors (Lipinski definition) is 6. The molecule has 0 bridgehead atoms. The summed E-state index contributed by atoms with van der Waals surface area (Å²) in [5.41, 5.74) is -0.598. The molecule has 0 aromatic carbocycles. The Balaban J connectivity index is 2.31. The predicted octanol–water partition coefficient (Wildman–Crippen LogP) is 2.15. The molecule has 2 aliphatic rings. The van der Waals surface area contributed by atoms with Crippen LogP contribution in [0.25, 0.3) is 0 Å². The number of ether oxygens (including phenoxy) is 2. The van der Waals surface area contributed by atoms with Crippen LogP contribution in [0.15, 0.2) is 34.9 Å². The number of halogens is 3. The third-order valence-corrected chi connectivity index (χ3v) is 4.31. The molecule has 0 radical (unpaired) electrons. The van der Waals surface area contributed by atoms with Crippen LogP contribution >= 0.6 is 0 Å². The molecule has 0 saturated carbocycles. The summed E-state index contributed by atoms with van der Waals surface area (Å²) in [5, 5.41) is 2.65. The highest BCUT2D eigenvalue weighted by atomic mass is 19.1. The summed E-state index contributed by atoms with van der Waals surface area (Å²) >= 11 is 0. The van der Waals surface area contributed by atoms with E-state index in [9.17, 15) is 22.8 Å². The maximum atomic E-state index is 14.2. The van der Waals surface area contributed by atoms with Crippen molar-refractivity contribution >= 4 is 11.9 Å². The molecule has 1 aromatic rings. The molecule has 0 fully saturated rings. The lowest BCUT2D eigenvalue weighted by Gasteiger charge is -2.29. The van der Waals surface area contributed by atoms with Crippen molar-refractivity contribution in [2.45, 2.75) is 19.0 Å². The number of dihydropyridines is 1. The van der Waals surface area contributed by atoms with Gasteiger partial charge >= 0.3 is 11.9 Å². The van der Waals surface area contributed by atoms with Crippen LogP contribution in [-0.2, 0) is 19.1 Å². The highest BCUT2D eigenvalue weighted by Gasteiger charge is 2.44. The van der Waals surface area contributed by atoms with Crippen LogP contribution in [-0.4, -0.2) is 37.3 Å². The number of carbonyl (C=O) groups excluding carboxylic acids is 2. The van der Waals surface area contributed by atoms with E-state index in [0.29, 0.717) is 0 Å². The Bertz CT molecular complexity index is 848. The van der Waals surface area contributed by atoms with Gasteiger partial charge in [0, 0.05) is 11.8 Å². The Morgan fingerprint density at radius 2 is 2.23 bits per heavy atom. The summed E-state index contributed by atoms with van der Waals surface area (Å²) in [6.07, 6.45) is 0.229. The fourth-order valence-electron chi connectivity index (χ4n) is 3.26. The van der Waals surface area contributed by atoms with Crippen molar-refractivity contribution in [1.82, 2.24) is 10.3 Å². The summed E-state index contributed by atoms with van der Waals surface area (Å²) in [5.74, 6) is -3.88.